The molecule has 0 amide bonds. The standard InChI is InChI=1S/C16H18FNOS/c1-18-16(13-6-4-5-7-15(13)20-3)12-9-8-11(19-2)10-14(12)17/h4-10,16,18H,1-3H3. The van der Waals surface area contributed by atoms with E-state index in [4.69, 9.17) is 4.74 Å². The van der Waals surface area contributed by atoms with E-state index in [1.807, 2.05) is 37.6 Å². The van der Waals surface area contributed by atoms with Crippen molar-refractivity contribution in [1.29, 1.82) is 0 Å². The van der Waals surface area contributed by atoms with Gasteiger partial charge in [0.2, 0.25) is 0 Å². The predicted molar refractivity (Wildman–Crippen MR) is 82.1 cm³/mol. The van der Waals surface area contributed by atoms with E-state index in [1.54, 1.807) is 23.9 Å². The lowest BCUT2D eigenvalue weighted by Gasteiger charge is -2.20. The summed E-state index contributed by atoms with van der Waals surface area (Å²) in [7, 11) is 3.37. The van der Waals surface area contributed by atoms with Crippen LogP contribution in [0.4, 0.5) is 4.39 Å². The molecule has 106 valence electrons. The first-order valence-electron chi connectivity index (χ1n) is 6.35. The van der Waals surface area contributed by atoms with Crippen LogP contribution in [0.1, 0.15) is 17.2 Å². The molecular formula is C16H18FNOS. The Kier molecular flexibility index (Phi) is 5.04. The Labute approximate surface area is 123 Å². The van der Waals surface area contributed by atoms with E-state index < -0.39 is 0 Å². The summed E-state index contributed by atoms with van der Waals surface area (Å²) in [4.78, 5) is 1.14. The monoisotopic (exact) mass is 291 g/mol. The topological polar surface area (TPSA) is 21.3 Å². The lowest BCUT2D eigenvalue weighted by molar-refractivity contribution is 0.410. The summed E-state index contributed by atoms with van der Waals surface area (Å²) < 4.78 is 19.3. The molecule has 0 bridgehead atoms. The normalized spacial score (nSPS) is 12.2. The molecule has 2 aromatic rings. The van der Waals surface area contributed by atoms with Crippen LogP contribution >= 0.6 is 11.8 Å². The summed E-state index contributed by atoms with van der Waals surface area (Å²) in [5.74, 6) is 0.263. The maximum atomic E-state index is 14.3. The van der Waals surface area contributed by atoms with Crippen molar-refractivity contribution in [1.82, 2.24) is 5.32 Å². The van der Waals surface area contributed by atoms with E-state index in [2.05, 4.69) is 5.32 Å². The Balaban J connectivity index is 2.47. The zero-order valence-corrected chi connectivity index (χ0v) is 12.6. The summed E-state index contributed by atoms with van der Waals surface area (Å²) in [6.45, 7) is 0. The zero-order valence-electron chi connectivity index (χ0n) is 11.8. The fraction of sp³-hybridized carbons (Fsp3) is 0.250. The van der Waals surface area contributed by atoms with Gasteiger partial charge in [-0.25, -0.2) is 4.39 Å². The van der Waals surface area contributed by atoms with E-state index in [9.17, 15) is 4.39 Å². The second-order valence-corrected chi connectivity index (χ2v) is 5.20. The smallest absolute Gasteiger partial charge is 0.132 e. The third kappa shape index (κ3) is 2.97. The van der Waals surface area contributed by atoms with Crippen LogP contribution in [0.5, 0.6) is 5.75 Å². The van der Waals surface area contributed by atoms with Gasteiger partial charge < -0.3 is 10.1 Å². The molecular weight excluding hydrogens is 273 g/mol. The molecule has 0 aromatic heterocycles. The molecule has 0 aliphatic carbocycles. The molecule has 1 unspecified atom stereocenters. The zero-order chi connectivity index (χ0) is 14.5. The van der Waals surface area contributed by atoms with Gasteiger partial charge in [0.1, 0.15) is 11.6 Å². The number of hydrogen-bond donors (Lipinski definition) is 1. The highest BCUT2D eigenvalue weighted by molar-refractivity contribution is 7.98. The fourth-order valence-corrected chi connectivity index (χ4v) is 2.89. The molecule has 1 N–H and O–H groups in total. The maximum Gasteiger partial charge on any atom is 0.132 e. The average Bonchev–Trinajstić information content (AvgIpc) is 2.50. The molecule has 20 heavy (non-hydrogen) atoms. The number of thioether (sulfide) groups is 1. The molecule has 0 aliphatic heterocycles. The molecule has 2 aromatic carbocycles. The maximum absolute atomic E-state index is 14.3. The van der Waals surface area contributed by atoms with Gasteiger partial charge in [-0.2, -0.15) is 0 Å². The van der Waals surface area contributed by atoms with Gasteiger partial charge in [0, 0.05) is 16.5 Å². The van der Waals surface area contributed by atoms with Gasteiger partial charge in [0.15, 0.2) is 0 Å². The summed E-state index contributed by atoms with van der Waals surface area (Å²) in [5, 5.41) is 3.19. The molecule has 4 heteroatoms. The molecule has 0 spiro atoms. The molecule has 2 nitrogen and oxygen atoms in total. The lowest BCUT2D eigenvalue weighted by atomic mass is 9.98. The van der Waals surface area contributed by atoms with Crippen molar-refractivity contribution in [2.75, 3.05) is 20.4 Å². The Morgan fingerprint density at radius 1 is 1.15 bits per heavy atom. The largest absolute Gasteiger partial charge is 0.497 e. The average molecular weight is 291 g/mol. The van der Waals surface area contributed by atoms with Crippen LogP contribution in [0.25, 0.3) is 0 Å². The Morgan fingerprint density at radius 2 is 1.90 bits per heavy atom. The van der Waals surface area contributed by atoms with Gasteiger partial charge in [-0.3, -0.25) is 0 Å². The highest BCUT2D eigenvalue weighted by atomic mass is 32.2. The van der Waals surface area contributed by atoms with E-state index in [-0.39, 0.29) is 11.9 Å². The highest BCUT2D eigenvalue weighted by Gasteiger charge is 2.19. The highest BCUT2D eigenvalue weighted by Crippen LogP contribution is 2.32. The first-order chi connectivity index (χ1) is 9.71. The van der Waals surface area contributed by atoms with Crippen molar-refractivity contribution in [2.24, 2.45) is 0 Å². The second kappa shape index (κ2) is 6.77. The second-order valence-electron chi connectivity index (χ2n) is 4.35. The van der Waals surface area contributed by atoms with Crippen LogP contribution in [0.15, 0.2) is 47.4 Å². The summed E-state index contributed by atoms with van der Waals surface area (Å²) in [5.41, 5.74) is 1.70. The first-order valence-corrected chi connectivity index (χ1v) is 7.57. The van der Waals surface area contributed by atoms with E-state index in [1.165, 1.54) is 13.2 Å². The van der Waals surface area contributed by atoms with Crippen LogP contribution in [-0.4, -0.2) is 20.4 Å². The predicted octanol–water partition coefficient (Wildman–Crippen LogP) is 3.87. The number of ether oxygens (including phenoxy) is 1. The van der Waals surface area contributed by atoms with Gasteiger partial charge in [-0.15, -0.1) is 11.8 Å². The van der Waals surface area contributed by atoms with Crippen molar-refractivity contribution < 1.29 is 9.13 Å². The summed E-state index contributed by atoms with van der Waals surface area (Å²) in [6, 6.07) is 12.8. The molecule has 0 saturated heterocycles. The van der Waals surface area contributed by atoms with Crippen molar-refractivity contribution in [3.05, 3.63) is 59.4 Å². The fourth-order valence-electron chi connectivity index (χ4n) is 2.25. The first kappa shape index (κ1) is 14.9. The van der Waals surface area contributed by atoms with Crippen LogP contribution in [0.2, 0.25) is 0 Å². The number of hydrogen-bond acceptors (Lipinski definition) is 3. The minimum Gasteiger partial charge on any atom is -0.497 e. The minimum absolute atomic E-state index is 0.176. The van der Waals surface area contributed by atoms with Crippen molar-refractivity contribution >= 4 is 11.8 Å². The number of benzene rings is 2. The Hall–Kier alpha value is -1.52. The lowest BCUT2D eigenvalue weighted by Crippen LogP contribution is -2.19. The third-order valence-electron chi connectivity index (χ3n) is 3.26. The molecule has 0 saturated carbocycles. The van der Waals surface area contributed by atoms with Crippen LogP contribution in [0.3, 0.4) is 0 Å². The number of halogens is 1. The Morgan fingerprint density at radius 3 is 2.50 bits per heavy atom. The van der Waals surface area contributed by atoms with Crippen molar-refractivity contribution in [3.63, 3.8) is 0 Å². The van der Waals surface area contributed by atoms with Crippen LogP contribution in [-0.2, 0) is 0 Å². The third-order valence-corrected chi connectivity index (χ3v) is 4.07. The molecule has 2 rings (SSSR count). The van der Waals surface area contributed by atoms with Gasteiger partial charge >= 0.3 is 0 Å². The van der Waals surface area contributed by atoms with Crippen molar-refractivity contribution in [3.8, 4) is 5.75 Å². The van der Waals surface area contributed by atoms with Gasteiger partial charge in [-0.05, 0) is 31.0 Å². The number of methoxy groups -OCH3 is 1. The van der Waals surface area contributed by atoms with Gasteiger partial charge in [0.25, 0.3) is 0 Å². The van der Waals surface area contributed by atoms with E-state index >= 15 is 0 Å². The van der Waals surface area contributed by atoms with Crippen LogP contribution < -0.4 is 10.1 Å². The molecule has 0 heterocycles. The molecule has 0 radical (unpaired) electrons. The van der Waals surface area contributed by atoms with E-state index in [0.29, 0.717) is 11.3 Å². The molecule has 0 aliphatic rings. The number of rotatable bonds is 5. The van der Waals surface area contributed by atoms with Gasteiger partial charge in [0.05, 0.1) is 13.2 Å². The summed E-state index contributed by atoms with van der Waals surface area (Å²) in [6.07, 6.45) is 2.02. The van der Waals surface area contributed by atoms with E-state index in [0.717, 1.165) is 10.5 Å². The quantitative estimate of drug-likeness (QED) is 0.845. The van der Waals surface area contributed by atoms with Crippen molar-refractivity contribution in [2.45, 2.75) is 10.9 Å². The summed E-state index contributed by atoms with van der Waals surface area (Å²) >= 11 is 1.66. The van der Waals surface area contributed by atoms with Crippen LogP contribution in [0, 0.1) is 5.82 Å². The Bertz CT molecular complexity index is 588. The van der Waals surface area contributed by atoms with Gasteiger partial charge in [-0.1, -0.05) is 24.3 Å². The molecule has 0 fully saturated rings. The molecule has 1 atom stereocenters. The number of nitrogens with one attached hydrogen (secondary N) is 1. The minimum atomic E-state index is -0.264. The SMILES string of the molecule is CNC(c1ccc(OC)cc1F)c1ccccc1SC.